The van der Waals surface area contributed by atoms with Gasteiger partial charge < -0.3 is 38.5 Å². The molecule has 1 rings (SSSR count). The van der Waals surface area contributed by atoms with E-state index >= 15 is 0 Å². The van der Waals surface area contributed by atoms with Crippen LogP contribution in [0.3, 0.4) is 0 Å². The first-order chi connectivity index (χ1) is 20.6. The first-order valence-corrected chi connectivity index (χ1v) is 14.0. The van der Waals surface area contributed by atoms with E-state index in [-0.39, 0.29) is 0 Å². The quantitative estimate of drug-likeness (QED) is 0.0807. The second kappa shape index (κ2) is 16.0. The molecule has 1 heterocycles. The van der Waals surface area contributed by atoms with Crippen molar-refractivity contribution in [3.8, 4) is 0 Å². The minimum Gasteiger partial charge on any atom is -0.465 e. The molecule has 1 aliphatic rings. The fourth-order valence-corrected chi connectivity index (χ4v) is 4.68. The summed E-state index contributed by atoms with van der Waals surface area (Å²) >= 11 is 0. The number of esters is 5. The molecule has 0 bridgehead atoms. The Kier molecular flexibility index (Phi) is 13.9. The molecule has 1 N–H and O–H groups in total. The lowest BCUT2D eigenvalue weighted by Gasteiger charge is -2.51. The van der Waals surface area contributed by atoms with E-state index in [9.17, 15) is 50.4 Å². The van der Waals surface area contributed by atoms with Gasteiger partial charge in [0.15, 0.2) is 24.4 Å². The van der Waals surface area contributed by atoms with E-state index in [1.165, 1.54) is 0 Å². The molecule has 1 fully saturated rings. The van der Waals surface area contributed by atoms with Crippen LogP contribution in [-0.2, 0) is 76.2 Å². The Morgan fingerprint density at radius 3 is 1.98 bits per heavy atom. The highest BCUT2D eigenvalue weighted by atomic mass is 32.2. The molecule has 1 aliphatic heterocycles. The largest absolute Gasteiger partial charge is 0.523 e. The van der Waals surface area contributed by atoms with Crippen molar-refractivity contribution in [2.24, 2.45) is 0 Å². The Hall–Kier alpha value is -3.82. The van der Waals surface area contributed by atoms with Crippen LogP contribution in [-0.4, -0.2) is 112 Å². The lowest BCUT2D eigenvalue weighted by molar-refractivity contribution is -0.342. The zero-order valence-corrected chi connectivity index (χ0v) is 25.6. The lowest BCUT2D eigenvalue weighted by atomic mass is 9.86. The predicted octanol–water partition coefficient (Wildman–Crippen LogP) is -0.445. The number of ether oxygens (including phenoxy) is 7. The minimum absolute atomic E-state index is 0.682. The second-order valence-corrected chi connectivity index (χ2v) is 10.6. The van der Waals surface area contributed by atoms with Crippen molar-refractivity contribution in [2.45, 2.75) is 82.5 Å². The van der Waals surface area contributed by atoms with Gasteiger partial charge in [0, 0.05) is 34.6 Å². The highest BCUT2D eigenvalue weighted by Gasteiger charge is 2.68. The van der Waals surface area contributed by atoms with E-state index in [1.807, 2.05) is 0 Å². The molecule has 0 aromatic rings. The summed E-state index contributed by atoms with van der Waals surface area (Å²) in [4.78, 5) is 73.7. The Morgan fingerprint density at radius 2 is 1.56 bits per heavy atom. The van der Waals surface area contributed by atoms with E-state index in [0.29, 0.717) is 7.11 Å². The fourth-order valence-electron chi connectivity index (χ4n) is 4.06. The molecule has 45 heavy (non-hydrogen) atoms. The van der Waals surface area contributed by atoms with Gasteiger partial charge in [0.2, 0.25) is 5.91 Å². The maximum absolute atomic E-state index is 13.5. The van der Waals surface area contributed by atoms with Crippen LogP contribution in [0.25, 0.3) is 0 Å². The van der Waals surface area contributed by atoms with Crippen LogP contribution < -0.4 is 5.32 Å². The second-order valence-electron chi connectivity index (χ2n) is 9.08. The fraction of sp³-hybridized carbons (Fsp3) is 0.667. The van der Waals surface area contributed by atoms with Gasteiger partial charge in [-0.15, -0.1) is 6.58 Å². The average Bonchev–Trinajstić information content (AvgIpc) is 2.89. The molecule has 0 saturated carbocycles. The highest BCUT2D eigenvalue weighted by molar-refractivity contribution is 7.87. The molecule has 256 valence electrons. The molecule has 0 aromatic heterocycles. The number of alkyl halides is 3. The van der Waals surface area contributed by atoms with Crippen molar-refractivity contribution in [3.63, 3.8) is 0 Å². The molecule has 0 spiro atoms. The van der Waals surface area contributed by atoms with Crippen LogP contribution in [0.2, 0.25) is 0 Å². The molecule has 21 heteroatoms. The van der Waals surface area contributed by atoms with Gasteiger partial charge in [-0.05, 0) is 0 Å². The molecule has 0 aromatic carbocycles. The maximum Gasteiger partial charge on any atom is 0.523 e. The van der Waals surface area contributed by atoms with Crippen LogP contribution in [0.5, 0.6) is 0 Å². The van der Waals surface area contributed by atoms with Gasteiger partial charge in [0.05, 0.1) is 19.8 Å². The zero-order chi connectivity index (χ0) is 34.9. The van der Waals surface area contributed by atoms with Crippen molar-refractivity contribution in [1.82, 2.24) is 5.32 Å². The van der Waals surface area contributed by atoms with Crippen LogP contribution in [0, 0.1) is 0 Å². The summed E-state index contributed by atoms with van der Waals surface area (Å²) in [6, 6.07) is -2.08. The number of halogens is 3. The summed E-state index contributed by atoms with van der Waals surface area (Å²) in [5.74, 6) is -10.7. The van der Waals surface area contributed by atoms with Gasteiger partial charge in [0.25, 0.3) is 0 Å². The predicted molar refractivity (Wildman–Crippen MR) is 137 cm³/mol. The molecule has 7 atom stereocenters. The third-order valence-electron chi connectivity index (χ3n) is 5.52. The number of carbonyl (C=O) groups excluding carboxylic acids is 6. The van der Waals surface area contributed by atoms with E-state index in [1.54, 1.807) is 0 Å². The van der Waals surface area contributed by atoms with E-state index in [0.717, 1.165) is 40.7 Å². The third kappa shape index (κ3) is 10.4. The van der Waals surface area contributed by atoms with Crippen molar-refractivity contribution in [1.29, 1.82) is 0 Å². The van der Waals surface area contributed by atoms with Crippen molar-refractivity contribution in [3.05, 3.63) is 12.7 Å². The summed E-state index contributed by atoms with van der Waals surface area (Å²) in [6.07, 6.45) is -10.6. The molecule has 1 amide bonds. The van der Waals surface area contributed by atoms with Gasteiger partial charge in [0.1, 0.15) is 12.7 Å². The number of rotatable bonds is 14. The summed E-state index contributed by atoms with van der Waals surface area (Å²) in [6.45, 7) is 5.92. The standard InChI is InChI=1S/C24H32F3NO16S/c1-8-9-39-23(22(34)37-7)21(44-45(35,36)24(25,26)27)20(42-15(6)33)17(28-11(2)29)19(43-23)18(41-14(5)32)16(40-13(4)31)10-38-12(3)30/h8,16-21H,1,9-10H2,2-7H3,(H,28,29)/t16-,17+,18-,19-,20-,21+,23-/m1/s1. The average molecular weight is 680 g/mol. The number of nitrogens with one attached hydrogen (secondary N) is 1. The van der Waals surface area contributed by atoms with E-state index in [2.05, 4.69) is 20.8 Å². The Labute approximate surface area is 254 Å². The third-order valence-corrected chi connectivity index (χ3v) is 6.55. The summed E-state index contributed by atoms with van der Waals surface area (Å²) in [5, 5.41) is 2.15. The maximum atomic E-state index is 13.5. The zero-order valence-electron chi connectivity index (χ0n) is 24.7. The van der Waals surface area contributed by atoms with Crippen molar-refractivity contribution in [2.75, 3.05) is 20.3 Å². The normalized spacial score (nSPS) is 24.6. The molecule has 0 aliphatic carbocycles. The highest BCUT2D eigenvalue weighted by Crippen LogP contribution is 2.41. The molecule has 1 saturated heterocycles. The number of carbonyl (C=O) groups is 6. The summed E-state index contributed by atoms with van der Waals surface area (Å²) in [7, 11) is -5.99. The molecular weight excluding hydrogens is 647 g/mol. The Morgan fingerprint density at radius 1 is 0.978 bits per heavy atom. The minimum atomic E-state index is -6.67. The van der Waals surface area contributed by atoms with Crippen LogP contribution in [0.1, 0.15) is 34.6 Å². The molecule has 0 unspecified atom stereocenters. The monoisotopic (exact) mass is 679 g/mol. The van der Waals surface area contributed by atoms with Crippen LogP contribution in [0.4, 0.5) is 13.2 Å². The van der Waals surface area contributed by atoms with E-state index in [4.69, 9.17) is 28.4 Å². The van der Waals surface area contributed by atoms with Gasteiger partial charge in [-0.25, -0.2) is 8.98 Å². The van der Waals surface area contributed by atoms with Gasteiger partial charge >= 0.3 is 51.3 Å². The SMILES string of the molecule is C=CCO[C@@]1(C(=O)OC)O[C@@H]([C@H](OC(C)=O)[C@@H](COC(C)=O)OC(C)=O)[C@H](NC(C)=O)[C@@H](OC(C)=O)[C@@H]1OS(=O)(=O)C(F)(F)F. The van der Waals surface area contributed by atoms with Crippen molar-refractivity contribution < 1.29 is 87.7 Å². The number of hydrogen-bond acceptors (Lipinski definition) is 16. The van der Waals surface area contributed by atoms with E-state index < -0.39 is 107 Å². The first kappa shape index (κ1) is 39.2. The summed E-state index contributed by atoms with van der Waals surface area (Å²) in [5.41, 5.74) is -6.13. The van der Waals surface area contributed by atoms with Gasteiger partial charge in [-0.3, -0.25) is 24.0 Å². The molecule has 17 nitrogen and oxygen atoms in total. The number of hydrogen-bond donors (Lipinski definition) is 1. The van der Waals surface area contributed by atoms with Gasteiger partial charge in [-0.2, -0.15) is 21.6 Å². The number of methoxy groups -OCH3 is 1. The Balaban J connectivity index is 4.26. The lowest BCUT2D eigenvalue weighted by Crippen LogP contribution is -2.76. The molecule has 0 radical (unpaired) electrons. The topological polar surface area (TPSA) is 222 Å². The summed E-state index contributed by atoms with van der Waals surface area (Å²) < 4.78 is 106. The van der Waals surface area contributed by atoms with Gasteiger partial charge in [-0.1, -0.05) is 6.08 Å². The smallest absolute Gasteiger partial charge is 0.465 e. The number of amides is 1. The van der Waals surface area contributed by atoms with Crippen molar-refractivity contribution >= 4 is 45.9 Å². The molecular formula is C24H32F3NO16S. The van der Waals surface area contributed by atoms with Crippen LogP contribution in [0.15, 0.2) is 12.7 Å². The first-order valence-electron chi connectivity index (χ1n) is 12.6. The Bertz CT molecular complexity index is 1260. The van der Waals surface area contributed by atoms with Crippen LogP contribution >= 0.6 is 0 Å².